The van der Waals surface area contributed by atoms with Crippen LogP contribution in [0.5, 0.6) is 0 Å². The predicted octanol–water partition coefficient (Wildman–Crippen LogP) is 5.14. The van der Waals surface area contributed by atoms with Gasteiger partial charge in [-0.25, -0.2) is 9.78 Å². The van der Waals surface area contributed by atoms with Gasteiger partial charge in [-0.1, -0.05) is 67.8 Å². The van der Waals surface area contributed by atoms with Crippen molar-refractivity contribution in [2.24, 2.45) is 0 Å². The Bertz CT molecular complexity index is 1100. The van der Waals surface area contributed by atoms with Crippen molar-refractivity contribution in [2.45, 2.75) is 44.7 Å². The summed E-state index contributed by atoms with van der Waals surface area (Å²) in [5.41, 5.74) is 4.35. The molecular weight excluding hydrogens is 410 g/mol. The Hall–Kier alpha value is -2.76. The molecule has 5 rings (SSSR count). The van der Waals surface area contributed by atoms with Gasteiger partial charge >= 0.3 is 5.97 Å². The van der Waals surface area contributed by atoms with Crippen LogP contribution in [0.2, 0.25) is 0 Å². The summed E-state index contributed by atoms with van der Waals surface area (Å²) in [5.74, 6) is -0.290. The topological polar surface area (TPSA) is 45.7 Å². The number of ether oxygens (including phenoxy) is 1. The summed E-state index contributed by atoms with van der Waals surface area (Å²) in [5, 5.41) is 0.861. The van der Waals surface area contributed by atoms with Crippen LogP contribution in [0.3, 0.4) is 0 Å². The molecule has 3 aromatic rings. The first kappa shape index (κ1) is 22.1. The number of methoxy groups -OCH3 is 1. The molecule has 33 heavy (non-hydrogen) atoms. The minimum absolute atomic E-state index is 0.290. The van der Waals surface area contributed by atoms with Crippen molar-refractivity contribution < 1.29 is 9.53 Å². The Labute approximate surface area is 196 Å². The summed E-state index contributed by atoms with van der Waals surface area (Å²) in [6.07, 6.45) is 6.83. The van der Waals surface area contributed by atoms with Gasteiger partial charge in [0, 0.05) is 55.3 Å². The summed E-state index contributed by atoms with van der Waals surface area (Å²) in [6.45, 7) is 4.92. The summed E-state index contributed by atoms with van der Waals surface area (Å²) < 4.78 is 5.27. The first-order valence-corrected chi connectivity index (χ1v) is 12.3. The molecule has 1 aliphatic carbocycles. The van der Waals surface area contributed by atoms with E-state index in [0.29, 0.717) is 12.1 Å². The van der Waals surface area contributed by atoms with E-state index in [-0.39, 0.29) is 5.97 Å². The maximum atomic E-state index is 13.1. The number of benzene rings is 2. The molecule has 1 saturated heterocycles. The number of para-hydroxylation sites is 1. The zero-order chi connectivity index (χ0) is 22.6. The van der Waals surface area contributed by atoms with Gasteiger partial charge in [-0.05, 0) is 18.9 Å². The van der Waals surface area contributed by atoms with Gasteiger partial charge in [-0.2, -0.15) is 0 Å². The van der Waals surface area contributed by atoms with Gasteiger partial charge < -0.3 is 4.74 Å². The summed E-state index contributed by atoms with van der Waals surface area (Å²) in [7, 11) is 1.46. The molecule has 0 atom stereocenters. The fourth-order valence-corrected chi connectivity index (χ4v) is 5.53. The number of rotatable bonds is 5. The van der Waals surface area contributed by atoms with Gasteiger partial charge in [0.2, 0.25) is 0 Å². The largest absolute Gasteiger partial charge is 0.465 e. The van der Waals surface area contributed by atoms with E-state index < -0.39 is 0 Å². The number of fused-ring (bicyclic) bond motifs is 1. The molecule has 1 saturated carbocycles. The molecule has 2 heterocycles. The van der Waals surface area contributed by atoms with E-state index in [1.807, 2.05) is 42.5 Å². The average molecular weight is 444 g/mol. The summed E-state index contributed by atoms with van der Waals surface area (Å²) in [6, 6.07) is 18.8. The highest BCUT2D eigenvalue weighted by molar-refractivity contribution is 6.06. The summed E-state index contributed by atoms with van der Waals surface area (Å²) in [4.78, 5) is 23.3. The number of nitrogens with zero attached hydrogens (tertiary/aromatic N) is 3. The molecule has 5 heteroatoms. The number of carbonyl (C=O) groups is 1. The number of aromatic nitrogens is 1. The summed E-state index contributed by atoms with van der Waals surface area (Å²) >= 11 is 0. The van der Waals surface area contributed by atoms with Gasteiger partial charge in [0.05, 0.1) is 23.9 Å². The molecule has 5 nitrogen and oxygen atoms in total. The molecule has 0 unspecified atom stereocenters. The lowest BCUT2D eigenvalue weighted by atomic mass is 9.93. The van der Waals surface area contributed by atoms with Gasteiger partial charge in [-0.15, -0.1) is 0 Å². The molecule has 0 radical (unpaired) electrons. The standard InChI is InChI=1S/C28H33N3O2/c1-33-28(32)26-23-14-8-9-15-25(23)29-27(21-10-4-2-5-11-21)24(26)20-30-16-18-31(19-17-30)22-12-6-3-7-13-22/h2,4-5,8-11,14-15,22H,3,6-7,12-13,16-20H2,1H3. The molecular formula is C28H33N3O2. The highest BCUT2D eigenvalue weighted by Gasteiger charge is 2.28. The third-order valence-corrected chi connectivity index (χ3v) is 7.31. The van der Waals surface area contributed by atoms with Gasteiger partial charge in [0.25, 0.3) is 0 Å². The maximum absolute atomic E-state index is 13.1. The van der Waals surface area contributed by atoms with Crippen LogP contribution >= 0.6 is 0 Å². The third-order valence-electron chi connectivity index (χ3n) is 7.31. The van der Waals surface area contributed by atoms with Crippen molar-refractivity contribution in [3.8, 4) is 11.3 Å². The van der Waals surface area contributed by atoms with Crippen LogP contribution in [0.1, 0.15) is 48.0 Å². The maximum Gasteiger partial charge on any atom is 0.338 e. The minimum Gasteiger partial charge on any atom is -0.465 e. The molecule has 0 spiro atoms. The second kappa shape index (κ2) is 10.0. The van der Waals surface area contributed by atoms with Crippen molar-refractivity contribution in [1.82, 2.24) is 14.8 Å². The fourth-order valence-electron chi connectivity index (χ4n) is 5.53. The van der Waals surface area contributed by atoms with E-state index in [1.54, 1.807) is 0 Å². The van der Waals surface area contributed by atoms with Crippen molar-refractivity contribution in [1.29, 1.82) is 0 Å². The highest BCUT2D eigenvalue weighted by Crippen LogP contribution is 2.32. The van der Waals surface area contributed by atoms with Crippen LogP contribution < -0.4 is 0 Å². The van der Waals surface area contributed by atoms with Crippen LogP contribution in [0.25, 0.3) is 22.2 Å². The highest BCUT2D eigenvalue weighted by atomic mass is 16.5. The first-order chi connectivity index (χ1) is 16.2. The van der Waals surface area contributed by atoms with Crippen molar-refractivity contribution >= 4 is 16.9 Å². The number of hydrogen-bond acceptors (Lipinski definition) is 5. The van der Waals surface area contributed by atoms with Gasteiger partial charge in [0.1, 0.15) is 0 Å². The number of carbonyl (C=O) groups excluding carboxylic acids is 1. The number of pyridine rings is 1. The van der Waals surface area contributed by atoms with E-state index in [4.69, 9.17) is 9.72 Å². The quantitative estimate of drug-likeness (QED) is 0.511. The second-order valence-electron chi connectivity index (χ2n) is 9.29. The van der Waals surface area contributed by atoms with Crippen molar-refractivity contribution in [3.63, 3.8) is 0 Å². The van der Waals surface area contributed by atoms with E-state index in [2.05, 4.69) is 21.9 Å². The number of piperazine rings is 1. The van der Waals surface area contributed by atoms with Crippen LogP contribution in [-0.2, 0) is 11.3 Å². The Balaban J connectivity index is 1.49. The van der Waals surface area contributed by atoms with Crippen molar-refractivity contribution in [3.05, 3.63) is 65.7 Å². The third kappa shape index (κ3) is 4.66. The zero-order valence-corrected chi connectivity index (χ0v) is 19.5. The van der Waals surface area contributed by atoms with Crippen LogP contribution in [-0.4, -0.2) is 60.1 Å². The molecule has 2 fully saturated rings. The van der Waals surface area contributed by atoms with Gasteiger partial charge in [-0.3, -0.25) is 9.80 Å². The lowest BCUT2D eigenvalue weighted by molar-refractivity contribution is 0.0595. The number of hydrogen-bond donors (Lipinski definition) is 0. The molecule has 1 aliphatic heterocycles. The molecule has 2 aliphatic rings. The molecule has 2 aromatic carbocycles. The molecule has 172 valence electrons. The lowest BCUT2D eigenvalue weighted by Gasteiger charge is -2.41. The lowest BCUT2D eigenvalue weighted by Crippen LogP contribution is -2.50. The molecule has 0 amide bonds. The van der Waals surface area contributed by atoms with E-state index in [1.165, 1.54) is 39.2 Å². The Morgan fingerprint density at radius 2 is 1.64 bits per heavy atom. The van der Waals surface area contributed by atoms with E-state index in [0.717, 1.165) is 59.9 Å². The monoisotopic (exact) mass is 443 g/mol. The molecule has 0 bridgehead atoms. The fraction of sp³-hybridized carbons (Fsp3) is 0.429. The van der Waals surface area contributed by atoms with Crippen LogP contribution in [0.4, 0.5) is 0 Å². The molecule has 0 N–H and O–H groups in total. The Morgan fingerprint density at radius 1 is 0.939 bits per heavy atom. The van der Waals surface area contributed by atoms with Crippen LogP contribution in [0.15, 0.2) is 54.6 Å². The Morgan fingerprint density at radius 3 is 2.36 bits per heavy atom. The normalized spacial score (nSPS) is 18.5. The van der Waals surface area contributed by atoms with Crippen LogP contribution in [0, 0.1) is 0 Å². The first-order valence-electron chi connectivity index (χ1n) is 12.3. The SMILES string of the molecule is COC(=O)c1c(CN2CCN(C3CCCCC3)CC2)c(-c2ccccc2)nc2ccccc12. The zero-order valence-electron chi connectivity index (χ0n) is 19.5. The second-order valence-corrected chi connectivity index (χ2v) is 9.29. The smallest absolute Gasteiger partial charge is 0.338 e. The average Bonchev–Trinajstić information content (AvgIpc) is 2.89. The predicted molar refractivity (Wildman–Crippen MR) is 132 cm³/mol. The molecule has 1 aromatic heterocycles. The van der Waals surface area contributed by atoms with Gasteiger partial charge in [0.15, 0.2) is 0 Å². The number of esters is 1. The minimum atomic E-state index is -0.290. The van der Waals surface area contributed by atoms with E-state index >= 15 is 0 Å². The Kier molecular flexibility index (Phi) is 6.70. The van der Waals surface area contributed by atoms with Crippen molar-refractivity contribution in [2.75, 3.05) is 33.3 Å². The van der Waals surface area contributed by atoms with E-state index in [9.17, 15) is 4.79 Å².